The molecule has 0 aromatic heterocycles. The molecule has 1 aliphatic rings. The average Bonchev–Trinajstić information content (AvgIpc) is 2.60. The van der Waals surface area contributed by atoms with E-state index in [2.05, 4.69) is 11.9 Å². The molecule has 2 aromatic carbocycles. The van der Waals surface area contributed by atoms with Crippen LogP contribution in [0, 0.1) is 0 Å². The third-order valence-corrected chi connectivity index (χ3v) is 4.30. The summed E-state index contributed by atoms with van der Waals surface area (Å²) in [5, 5.41) is 12.3. The zero-order valence-corrected chi connectivity index (χ0v) is 13.4. The summed E-state index contributed by atoms with van der Waals surface area (Å²) in [6.07, 6.45) is 0. The van der Waals surface area contributed by atoms with Crippen molar-refractivity contribution in [3.05, 3.63) is 88.1 Å². The molecule has 120 valence electrons. The smallest absolute Gasteiger partial charge is 0.335 e. The fourth-order valence-electron chi connectivity index (χ4n) is 2.56. The van der Waals surface area contributed by atoms with Gasteiger partial charge in [-0.3, -0.25) is 4.79 Å². The number of hydrogen-bond donors (Lipinski definition) is 2. The molecule has 0 spiro atoms. The van der Waals surface area contributed by atoms with Crippen LogP contribution in [0.4, 0.5) is 0 Å². The number of allylic oxidation sites excluding steroid dienone is 3. The van der Waals surface area contributed by atoms with E-state index in [0.29, 0.717) is 28.4 Å². The average molecular weight is 340 g/mol. The highest BCUT2D eigenvalue weighted by Crippen LogP contribution is 2.35. The molecule has 0 fully saturated rings. The van der Waals surface area contributed by atoms with Gasteiger partial charge in [0.05, 0.1) is 10.6 Å². The van der Waals surface area contributed by atoms with Crippen molar-refractivity contribution in [3.8, 4) is 0 Å². The molecule has 2 aromatic rings. The van der Waals surface area contributed by atoms with Crippen LogP contribution in [0.25, 0.3) is 5.57 Å². The van der Waals surface area contributed by atoms with E-state index in [0.717, 1.165) is 11.1 Å². The minimum Gasteiger partial charge on any atom is -0.478 e. The molecule has 0 aliphatic heterocycles. The van der Waals surface area contributed by atoms with Crippen molar-refractivity contribution < 1.29 is 14.7 Å². The van der Waals surface area contributed by atoms with Crippen molar-refractivity contribution in [2.24, 2.45) is 0 Å². The van der Waals surface area contributed by atoms with Crippen molar-refractivity contribution in [1.29, 1.82) is 0 Å². The lowest BCUT2D eigenvalue weighted by atomic mass is 9.90. The van der Waals surface area contributed by atoms with Gasteiger partial charge in [0.1, 0.15) is 5.70 Å². The third-order valence-electron chi connectivity index (χ3n) is 3.88. The molecule has 4 nitrogen and oxygen atoms in total. The maximum Gasteiger partial charge on any atom is 0.335 e. The van der Waals surface area contributed by atoms with Crippen LogP contribution in [-0.2, 0) is 6.54 Å². The first kappa shape index (κ1) is 16.0. The SMILES string of the molecule is C=C1C(Cl)=C(NCc2ccc(C(=O)O)cc2)C(=O)c2ccccc21. The number of carboxylic acid groups (broad SMARTS) is 1. The topological polar surface area (TPSA) is 66.4 Å². The van der Waals surface area contributed by atoms with Crippen molar-refractivity contribution in [2.75, 3.05) is 0 Å². The van der Waals surface area contributed by atoms with Gasteiger partial charge in [0.15, 0.2) is 0 Å². The lowest BCUT2D eigenvalue weighted by Gasteiger charge is -2.21. The molecule has 24 heavy (non-hydrogen) atoms. The molecule has 0 atom stereocenters. The fraction of sp³-hybridized carbons (Fsp3) is 0.0526. The molecule has 0 amide bonds. The van der Waals surface area contributed by atoms with Gasteiger partial charge < -0.3 is 10.4 Å². The lowest BCUT2D eigenvalue weighted by molar-refractivity contribution is 0.0696. The van der Waals surface area contributed by atoms with E-state index < -0.39 is 5.97 Å². The van der Waals surface area contributed by atoms with E-state index in [1.165, 1.54) is 12.1 Å². The summed E-state index contributed by atoms with van der Waals surface area (Å²) >= 11 is 6.31. The first-order valence-corrected chi connectivity index (χ1v) is 7.66. The first-order chi connectivity index (χ1) is 11.5. The Morgan fingerprint density at radius 2 is 1.71 bits per heavy atom. The minimum absolute atomic E-state index is 0.176. The number of fused-ring (bicyclic) bond motifs is 1. The van der Waals surface area contributed by atoms with Gasteiger partial charge >= 0.3 is 5.97 Å². The van der Waals surface area contributed by atoms with Crippen LogP contribution in [0.5, 0.6) is 0 Å². The molecule has 0 unspecified atom stereocenters. The normalized spacial score (nSPS) is 13.7. The van der Waals surface area contributed by atoms with Crippen LogP contribution in [0.2, 0.25) is 0 Å². The number of hydrogen-bond acceptors (Lipinski definition) is 3. The Morgan fingerprint density at radius 1 is 1.08 bits per heavy atom. The molecule has 1 aliphatic carbocycles. The van der Waals surface area contributed by atoms with Crippen LogP contribution >= 0.6 is 11.6 Å². The van der Waals surface area contributed by atoms with Crippen molar-refractivity contribution in [1.82, 2.24) is 5.32 Å². The second-order valence-corrected chi connectivity index (χ2v) is 5.78. The van der Waals surface area contributed by atoms with Crippen LogP contribution < -0.4 is 5.32 Å². The van der Waals surface area contributed by atoms with Crippen LogP contribution in [0.15, 0.2) is 65.8 Å². The fourth-order valence-corrected chi connectivity index (χ4v) is 2.82. The van der Waals surface area contributed by atoms with Crippen molar-refractivity contribution in [3.63, 3.8) is 0 Å². The Balaban J connectivity index is 1.82. The number of rotatable bonds is 4. The van der Waals surface area contributed by atoms with Crippen LogP contribution in [-0.4, -0.2) is 16.9 Å². The molecule has 3 rings (SSSR count). The minimum atomic E-state index is -0.976. The first-order valence-electron chi connectivity index (χ1n) is 7.28. The predicted molar refractivity (Wildman–Crippen MR) is 92.9 cm³/mol. The highest BCUT2D eigenvalue weighted by molar-refractivity contribution is 6.41. The Bertz CT molecular complexity index is 882. The van der Waals surface area contributed by atoms with E-state index in [1.807, 2.05) is 12.1 Å². The second-order valence-electron chi connectivity index (χ2n) is 5.40. The Labute approximate surface area is 144 Å². The van der Waals surface area contributed by atoms with E-state index in [9.17, 15) is 9.59 Å². The third kappa shape index (κ3) is 2.84. The molecular formula is C19H14ClNO3. The molecule has 0 radical (unpaired) electrons. The number of carboxylic acids is 1. The molecule has 5 heteroatoms. The van der Waals surface area contributed by atoms with Crippen molar-refractivity contribution >= 4 is 28.9 Å². The van der Waals surface area contributed by atoms with E-state index >= 15 is 0 Å². The molecule has 0 heterocycles. The zero-order valence-electron chi connectivity index (χ0n) is 12.7. The van der Waals surface area contributed by atoms with Gasteiger partial charge in [-0.2, -0.15) is 0 Å². The number of carbonyl (C=O) groups is 2. The molecule has 2 N–H and O–H groups in total. The lowest BCUT2D eigenvalue weighted by Crippen LogP contribution is -2.25. The number of aromatic carboxylic acids is 1. The highest BCUT2D eigenvalue weighted by atomic mass is 35.5. The molecule has 0 saturated carbocycles. The van der Waals surface area contributed by atoms with Gasteiger partial charge in [-0.25, -0.2) is 4.79 Å². The molecule has 0 saturated heterocycles. The van der Waals surface area contributed by atoms with Crippen LogP contribution in [0.1, 0.15) is 31.8 Å². The number of halogens is 1. The maximum absolute atomic E-state index is 12.6. The van der Waals surface area contributed by atoms with Gasteiger partial charge in [-0.15, -0.1) is 0 Å². The number of Topliss-reactive ketones (excluding diaryl/α,β-unsaturated/α-hetero) is 1. The van der Waals surface area contributed by atoms with E-state index in [1.54, 1.807) is 24.3 Å². The molecular weight excluding hydrogens is 326 g/mol. The summed E-state index contributed by atoms with van der Waals surface area (Å²) in [5.74, 6) is -1.15. The standard InChI is InChI=1S/C19H14ClNO3/c1-11-14-4-2-3-5-15(14)18(22)17(16(11)20)21-10-12-6-8-13(9-7-12)19(23)24/h2-9,21H,1,10H2,(H,23,24). The van der Waals surface area contributed by atoms with Gasteiger partial charge in [0.25, 0.3) is 0 Å². The summed E-state index contributed by atoms with van der Waals surface area (Å²) in [6, 6.07) is 13.6. The summed E-state index contributed by atoms with van der Waals surface area (Å²) in [5.41, 5.74) is 3.28. The Kier molecular flexibility index (Phi) is 4.23. The number of benzene rings is 2. The number of nitrogens with one attached hydrogen (secondary N) is 1. The zero-order chi connectivity index (χ0) is 17.3. The summed E-state index contributed by atoms with van der Waals surface area (Å²) in [7, 11) is 0. The highest BCUT2D eigenvalue weighted by Gasteiger charge is 2.27. The van der Waals surface area contributed by atoms with E-state index in [4.69, 9.17) is 16.7 Å². The largest absolute Gasteiger partial charge is 0.478 e. The summed E-state index contributed by atoms with van der Waals surface area (Å²) < 4.78 is 0. The van der Waals surface area contributed by atoms with Gasteiger partial charge in [0, 0.05) is 12.1 Å². The molecule has 0 bridgehead atoms. The Hall–Kier alpha value is -2.85. The van der Waals surface area contributed by atoms with Gasteiger partial charge in [-0.1, -0.05) is 54.6 Å². The number of ketones is 1. The summed E-state index contributed by atoms with van der Waals surface area (Å²) in [4.78, 5) is 23.5. The monoisotopic (exact) mass is 339 g/mol. The van der Waals surface area contributed by atoms with Crippen molar-refractivity contribution in [2.45, 2.75) is 6.54 Å². The Morgan fingerprint density at radius 3 is 2.33 bits per heavy atom. The van der Waals surface area contributed by atoms with Gasteiger partial charge in [0.2, 0.25) is 5.78 Å². The van der Waals surface area contributed by atoms with Gasteiger partial charge in [-0.05, 0) is 28.8 Å². The predicted octanol–water partition coefficient (Wildman–Crippen LogP) is 3.83. The number of carbonyl (C=O) groups excluding carboxylic acids is 1. The second kappa shape index (κ2) is 6.34. The van der Waals surface area contributed by atoms with E-state index in [-0.39, 0.29) is 11.3 Å². The quantitative estimate of drug-likeness (QED) is 0.888. The van der Waals surface area contributed by atoms with Crippen LogP contribution in [0.3, 0.4) is 0 Å². The maximum atomic E-state index is 12.6. The summed E-state index contributed by atoms with van der Waals surface area (Å²) in [6.45, 7) is 4.31.